The van der Waals surface area contributed by atoms with E-state index in [0.29, 0.717) is 5.56 Å². The van der Waals surface area contributed by atoms with Crippen molar-refractivity contribution in [3.8, 4) is 57.1 Å². The van der Waals surface area contributed by atoms with E-state index < -0.39 is 192 Å². The third-order valence-electron chi connectivity index (χ3n) is 14.8. The topological polar surface area (TPSA) is 484 Å². The number of carboxylic acids is 1. The van der Waals surface area contributed by atoms with Crippen molar-refractivity contribution in [2.45, 2.75) is 111 Å². The second kappa shape index (κ2) is 26.3. The van der Waals surface area contributed by atoms with Crippen LogP contribution in [-0.2, 0) is 44.6 Å². The Morgan fingerprint density at radius 3 is 2.05 bits per heavy atom. The number of nitrogens with one attached hydrogen (secondary N) is 4. The highest BCUT2D eigenvalue weighted by molar-refractivity contribution is 6.32. The summed E-state index contributed by atoms with van der Waals surface area (Å²) in [5.74, 6) is -10.8. The van der Waals surface area contributed by atoms with E-state index in [1.165, 1.54) is 24.3 Å². The number of aliphatic hydroxyl groups excluding tert-OH is 8. The van der Waals surface area contributed by atoms with E-state index in [2.05, 4.69) is 21.3 Å². The molecule has 5 aromatic carbocycles. The molecule has 5 aliphatic rings. The summed E-state index contributed by atoms with van der Waals surface area (Å²) in [4.78, 5) is 72.3. The summed E-state index contributed by atoms with van der Waals surface area (Å²) in [6, 6.07) is 4.17. The summed E-state index contributed by atoms with van der Waals surface area (Å²) in [5, 5.41) is 140. The molecule has 87 heavy (non-hydrogen) atoms. The summed E-state index contributed by atoms with van der Waals surface area (Å²) in [6.45, 7) is -1.20. The van der Waals surface area contributed by atoms with Crippen LogP contribution in [0.15, 0.2) is 78.9 Å². The van der Waals surface area contributed by atoms with Crippen LogP contribution in [0.1, 0.15) is 59.0 Å². The third kappa shape index (κ3) is 13.3. The lowest BCUT2D eigenvalue weighted by molar-refractivity contribution is -0.284. The molecular formula is C56H60Cl2N6O23. The Hall–Kier alpha value is -7.69. The number of carbonyl (C=O) groups excluding carboxylic acids is 4. The highest BCUT2D eigenvalue weighted by Gasteiger charge is 2.50. The number of fused-ring (bicyclic) bond motifs is 8. The number of hydrogen-bond acceptors (Lipinski definition) is 24. The Kier molecular flexibility index (Phi) is 19.3. The van der Waals surface area contributed by atoms with Gasteiger partial charge in [-0.3, -0.25) is 19.2 Å². The Morgan fingerprint density at radius 1 is 0.701 bits per heavy atom. The van der Waals surface area contributed by atoms with Crippen molar-refractivity contribution in [2.24, 2.45) is 11.5 Å². The second-order valence-corrected chi connectivity index (χ2v) is 21.7. The Labute approximate surface area is 502 Å². The van der Waals surface area contributed by atoms with Crippen molar-refractivity contribution in [1.82, 2.24) is 21.3 Å². The smallest absolute Gasteiger partial charge is 0.330 e. The number of phenols is 3. The van der Waals surface area contributed by atoms with Gasteiger partial charge in [0, 0.05) is 35.7 Å². The van der Waals surface area contributed by atoms with Crippen molar-refractivity contribution < 1.29 is 114 Å². The zero-order valence-electron chi connectivity index (χ0n) is 45.3. The molecule has 16 atom stereocenters. The molecule has 2 fully saturated rings. The first-order valence-corrected chi connectivity index (χ1v) is 27.3. The van der Waals surface area contributed by atoms with E-state index in [-0.39, 0.29) is 51.3 Å². The van der Waals surface area contributed by atoms with Crippen LogP contribution in [0, 0.1) is 0 Å². The summed E-state index contributed by atoms with van der Waals surface area (Å²) in [5.41, 5.74) is 11.0. The van der Waals surface area contributed by atoms with Gasteiger partial charge in [-0.2, -0.15) is 0 Å². The van der Waals surface area contributed by atoms with Gasteiger partial charge in [0.1, 0.15) is 102 Å². The van der Waals surface area contributed by atoms with E-state index in [9.17, 15) is 75.7 Å². The van der Waals surface area contributed by atoms with Crippen LogP contribution in [0.2, 0.25) is 10.0 Å². The molecule has 5 aliphatic heterocycles. The van der Waals surface area contributed by atoms with Gasteiger partial charge in [-0.15, -0.1) is 0 Å². The van der Waals surface area contributed by atoms with E-state index in [4.69, 9.17) is 63.1 Å². The van der Waals surface area contributed by atoms with E-state index in [1.54, 1.807) is 6.07 Å². The molecule has 31 heteroatoms. The molecule has 20 N–H and O–H groups in total. The number of nitrogens with two attached hydrogens (primary N) is 2. The van der Waals surface area contributed by atoms with Crippen molar-refractivity contribution in [3.63, 3.8) is 0 Å². The molecule has 4 amide bonds. The molecule has 10 rings (SSSR count). The fourth-order valence-electron chi connectivity index (χ4n) is 10.3. The molecule has 5 heterocycles. The van der Waals surface area contributed by atoms with Gasteiger partial charge < -0.3 is 122 Å². The van der Waals surface area contributed by atoms with Crippen LogP contribution in [0.4, 0.5) is 0 Å². The van der Waals surface area contributed by atoms with E-state index in [1.807, 2.05) is 0 Å². The normalized spacial score (nSPS) is 28.5. The minimum Gasteiger partial charge on any atom is -0.508 e. The monoisotopic (exact) mass is 1250 g/mol. The van der Waals surface area contributed by atoms with Gasteiger partial charge in [-0.05, 0) is 83.3 Å². The number of amides is 4. The Balaban J connectivity index is 1.27. The third-order valence-corrected chi connectivity index (χ3v) is 15.4. The zero-order chi connectivity index (χ0) is 63.0. The number of carbonyl (C=O) groups is 5. The fraction of sp³-hybridized carbons (Fsp3) is 0.375. The molecule has 8 bridgehead atoms. The Bertz CT molecular complexity index is 3450. The zero-order valence-corrected chi connectivity index (χ0v) is 46.9. The molecule has 29 nitrogen and oxygen atoms in total. The number of aliphatic carboxylic acids is 1. The van der Waals surface area contributed by atoms with Gasteiger partial charge in [-0.1, -0.05) is 41.4 Å². The predicted molar refractivity (Wildman–Crippen MR) is 297 cm³/mol. The van der Waals surface area contributed by atoms with Gasteiger partial charge >= 0.3 is 5.97 Å². The quantitative estimate of drug-likeness (QED) is 0.0673. The summed E-state index contributed by atoms with van der Waals surface area (Å²) < 4.78 is 36.3. The molecule has 466 valence electrons. The van der Waals surface area contributed by atoms with Gasteiger partial charge in [0.2, 0.25) is 35.7 Å². The van der Waals surface area contributed by atoms with Crippen LogP contribution in [0.3, 0.4) is 0 Å². The van der Waals surface area contributed by atoms with E-state index >= 15 is 9.59 Å². The Morgan fingerprint density at radius 2 is 1.39 bits per heavy atom. The van der Waals surface area contributed by atoms with Gasteiger partial charge in [0.05, 0.1) is 29.9 Å². The molecule has 0 saturated carbocycles. The maximum atomic E-state index is 15.5. The number of phenolic OH excluding ortho intramolecular Hbond substituents is 3. The van der Waals surface area contributed by atoms with E-state index in [0.717, 1.165) is 55.5 Å². The number of ether oxygens (including phenoxy) is 6. The van der Waals surface area contributed by atoms with Crippen molar-refractivity contribution in [2.75, 3.05) is 19.8 Å². The number of benzene rings is 5. The van der Waals surface area contributed by atoms with Crippen LogP contribution in [0.5, 0.6) is 46.0 Å². The summed E-state index contributed by atoms with van der Waals surface area (Å²) >= 11 is 13.6. The number of halogens is 2. The highest BCUT2D eigenvalue weighted by Crippen LogP contribution is 2.48. The lowest BCUT2D eigenvalue weighted by Gasteiger charge is -2.44. The van der Waals surface area contributed by atoms with Crippen molar-refractivity contribution in [3.05, 3.63) is 117 Å². The minimum absolute atomic E-state index is 0.00986. The van der Waals surface area contributed by atoms with Crippen LogP contribution < -0.4 is 46.9 Å². The lowest BCUT2D eigenvalue weighted by Crippen LogP contribution is -2.65. The fourth-order valence-corrected chi connectivity index (χ4v) is 10.8. The number of carboxylic acid groups (broad SMARTS) is 1. The van der Waals surface area contributed by atoms with Crippen LogP contribution in [0.25, 0.3) is 11.1 Å². The largest absolute Gasteiger partial charge is 0.508 e. The molecular weight excluding hydrogens is 1200 g/mol. The molecule has 0 spiro atoms. The maximum absolute atomic E-state index is 15.5. The first kappa shape index (κ1) is 63.8. The predicted octanol–water partition coefficient (Wildman–Crippen LogP) is -0.985. The first-order chi connectivity index (χ1) is 41.3. The first-order valence-electron chi connectivity index (χ1n) is 26.6. The molecule has 0 unspecified atom stereocenters. The second-order valence-electron chi connectivity index (χ2n) is 20.8. The molecule has 0 aliphatic carbocycles. The average molecular weight is 1260 g/mol. The molecule has 5 aromatic rings. The molecule has 0 aromatic heterocycles. The van der Waals surface area contributed by atoms with Gasteiger partial charge in [0.15, 0.2) is 23.8 Å². The standard InChI is InChI=1S/C56H60Cl2N6O23/c1-19(68)61-42-47(74)45(72)36(17-66)85-55(42)87-50-22-4-7-32(29(58)11-22)83-35-13-23(12-34(44(35)71)82-31-6-2-20(9-28(31)57)8-24(59)16-65)39(60)51(77)62-40-21-3-5-30(70)26(10-21)38-27(41(54(80)81)63-53(79)43(50)64-52(40)78)14-25(69)15-33(38)84-56-49(76)48(75)46(73)37(18-67)86-56/h2-7,9-15,24,36-37,39-43,45-50,55-56,65-67,69-76H,8,16-18,59-60H2,1H3,(H,61,68)(H,62,77)(H,63,79)(H,64,78)(H,80,81)/t24-,36+,37-,39-,40-,41+,42+,43+,45-,46-,47-,48-,49+,50-,55+,56+/m1/s1. The van der Waals surface area contributed by atoms with Crippen LogP contribution >= 0.6 is 23.2 Å². The SMILES string of the molecule is CC(=O)N[C@@H]1[C@H](O[C@@H]2c3ccc(c(Cl)c3)Oc3cc(cc(Oc4ccc(C[C@@H](N)CO)cc4Cl)c3O)[C@@H](N)C(=O)N[C@H]3C(=O)N[C@@H]2C(=O)N[C@H](C(=O)O)c2cc(O)cc(O[C@H]4O[C@H](CO)[C@@H](O)[C@@H](O)[C@@H]4O)c2-c2cc3ccc2O)O[C@@H](CO)[C@@H](O)[C@@H]1O. The number of aliphatic hydroxyl groups is 8. The maximum Gasteiger partial charge on any atom is 0.330 e. The number of rotatable bonds is 13. The summed E-state index contributed by atoms with van der Waals surface area (Å²) in [7, 11) is 0. The minimum atomic E-state index is -2.39. The average Bonchev–Trinajstić information content (AvgIpc) is 1.06. The lowest BCUT2D eigenvalue weighted by atomic mass is 9.89. The number of hydrogen-bond donors (Lipinski definition) is 18. The van der Waals surface area contributed by atoms with Crippen molar-refractivity contribution in [1.29, 1.82) is 0 Å². The van der Waals surface area contributed by atoms with Crippen LogP contribution in [-0.4, -0.2) is 184 Å². The van der Waals surface area contributed by atoms with Gasteiger partial charge in [0.25, 0.3) is 0 Å². The molecule has 2 saturated heterocycles. The van der Waals surface area contributed by atoms with Crippen molar-refractivity contribution >= 4 is 52.8 Å². The van der Waals surface area contributed by atoms with Gasteiger partial charge in [-0.25, -0.2) is 4.79 Å². The summed E-state index contributed by atoms with van der Waals surface area (Å²) in [6.07, 6.45) is -19.1. The highest BCUT2D eigenvalue weighted by atomic mass is 35.5. The number of aromatic hydroxyl groups is 3. The molecule has 0 radical (unpaired) electrons.